The lowest BCUT2D eigenvalue weighted by molar-refractivity contribution is -0.122. The zero-order valence-electron chi connectivity index (χ0n) is 12.6. The van der Waals surface area contributed by atoms with Gasteiger partial charge in [0.25, 0.3) is 5.92 Å². The van der Waals surface area contributed by atoms with E-state index in [-0.39, 0.29) is 28.1 Å². The van der Waals surface area contributed by atoms with Gasteiger partial charge in [-0.2, -0.15) is 0 Å². The Morgan fingerprint density at radius 3 is 2.26 bits per heavy atom. The summed E-state index contributed by atoms with van der Waals surface area (Å²) in [6.45, 7) is 3.13. The molecule has 1 N–H and O–H groups in total. The van der Waals surface area contributed by atoms with E-state index in [0.29, 0.717) is 24.0 Å². The number of nitrogens with zero attached hydrogens (tertiary/aromatic N) is 1. The number of alkyl halides is 2. The van der Waals surface area contributed by atoms with E-state index < -0.39 is 17.9 Å². The normalized spacial score (nSPS) is 19.7. The summed E-state index contributed by atoms with van der Waals surface area (Å²) >= 11 is 5.83. The van der Waals surface area contributed by atoms with Gasteiger partial charge in [0.1, 0.15) is 11.0 Å². The van der Waals surface area contributed by atoms with Gasteiger partial charge in [-0.15, -0.1) is 0 Å². The highest BCUT2D eigenvalue weighted by atomic mass is 35.5. The van der Waals surface area contributed by atoms with Crippen LogP contribution < -0.4 is 5.32 Å². The second-order valence-electron chi connectivity index (χ2n) is 6.02. The molecule has 0 radical (unpaired) electrons. The first kappa shape index (κ1) is 16.1. The van der Waals surface area contributed by atoms with Crippen LogP contribution in [-0.2, 0) is 15.5 Å². The van der Waals surface area contributed by atoms with Crippen molar-refractivity contribution in [2.45, 2.75) is 38.7 Å². The molecule has 0 saturated heterocycles. The van der Waals surface area contributed by atoms with Crippen LogP contribution in [0.3, 0.4) is 0 Å². The fourth-order valence-corrected chi connectivity index (χ4v) is 2.85. The molecule has 4 nitrogen and oxygen atoms in total. The van der Waals surface area contributed by atoms with E-state index >= 15 is 0 Å². The molecule has 1 aromatic heterocycles. The monoisotopic (exact) mass is 340 g/mol. The van der Waals surface area contributed by atoms with E-state index in [2.05, 4.69) is 10.3 Å². The van der Waals surface area contributed by atoms with Gasteiger partial charge in [-0.25, -0.2) is 13.8 Å². The summed E-state index contributed by atoms with van der Waals surface area (Å²) in [7, 11) is 0. The van der Waals surface area contributed by atoms with Gasteiger partial charge in [0.2, 0.25) is 0 Å². The number of halogens is 3. The Morgan fingerprint density at radius 1 is 1.17 bits per heavy atom. The van der Waals surface area contributed by atoms with Crippen molar-refractivity contribution in [2.24, 2.45) is 5.92 Å². The number of pyridine rings is 1. The van der Waals surface area contributed by atoms with Crippen LogP contribution in [0.5, 0.6) is 0 Å². The fraction of sp³-hybridized carbons (Fsp3) is 0.438. The highest BCUT2D eigenvalue weighted by Gasteiger charge is 2.48. The number of anilines is 1. The summed E-state index contributed by atoms with van der Waals surface area (Å²) < 4.78 is 28.5. The van der Waals surface area contributed by atoms with Gasteiger partial charge in [-0.1, -0.05) is 11.6 Å². The maximum absolute atomic E-state index is 14.2. The van der Waals surface area contributed by atoms with E-state index in [4.69, 9.17) is 11.6 Å². The van der Waals surface area contributed by atoms with Crippen LogP contribution in [0.4, 0.5) is 14.6 Å². The molecule has 0 unspecified atom stereocenters. The molecule has 0 atom stereocenters. The third kappa shape index (κ3) is 2.76. The Balaban J connectivity index is 1.89. The van der Waals surface area contributed by atoms with Gasteiger partial charge < -0.3 is 5.32 Å². The molecule has 0 spiro atoms. The van der Waals surface area contributed by atoms with Gasteiger partial charge >= 0.3 is 0 Å². The molecule has 0 aromatic carbocycles. The number of ketones is 2. The lowest BCUT2D eigenvalue weighted by Gasteiger charge is -2.18. The van der Waals surface area contributed by atoms with Crippen molar-refractivity contribution in [3.05, 3.63) is 34.0 Å². The largest absolute Gasteiger partial charge is 0.353 e. The van der Waals surface area contributed by atoms with Crippen LogP contribution in [0, 0.1) is 5.92 Å². The smallest absolute Gasteiger partial charge is 0.276 e. The number of hydrogen-bond donors (Lipinski definition) is 1. The second kappa shape index (κ2) is 5.37. The Bertz CT molecular complexity index is 718. The summed E-state index contributed by atoms with van der Waals surface area (Å²) in [5, 5.41) is 2.54. The predicted octanol–water partition coefficient (Wildman–Crippen LogP) is 3.51. The molecule has 2 aliphatic carbocycles. The third-order valence-electron chi connectivity index (χ3n) is 4.39. The van der Waals surface area contributed by atoms with Crippen molar-refractivity contribution in [1.29, 1.82) is 0 Å². The summed E-state index contributed by atoms with van der Waals surface area (Å²) in [6.07, 6.45) is 0.940. The van der Waals surface area contributed by atoms with Crippen LogP contribution in [0.25, 0.3) is 0 Å². The third-order valence-corrected chi connectivity index (χ3v) is 4.58. The van der Waals surface area contributed by atoms with E-state index in [1.807, 2.05) is 0 Å². The number of carbonyl (C=O) groups excluding carboxylic acids is 2. The van der Waals surface area contributed by atoms with Crippen molar-refractivity contribution in [3.8, 4) is 0 Å². The molecule has 2 aliphatic rings. The van der Waals surface area contributed by atoms with Gasteiger partial charge in [0, 0.05) is 22.6 Å². The molecule has 0 amide bonds. The molecule has 0 bridgehead atoms. The number of carbonyl (C=O) groups is 2. The standard InChI is InChI=1S/C16H15ClF2N2O2/c1-7-8(2)15(23)13(14(7)22)21-12-6-10(5-11(17)20-12)16(18,19)9-3-4-9/h5-6,9,13H,3-4H2,1-2H3,(H,20,21). The first-order chi connectivity index (χ1) is 10.7. The minimum atomic E-state index is -2.99. The van der Waals surface area contributed by atoms with E-state index in [9.17, 15) is 18.4 Å². The molecule has 23 heavy (non-hydrogen) atoms. The lowest BCUT2D eigenvalue weighted by Crippen LogP contribution is -2.33. The number of nitrogens with one attached hydrogen (secondary N) is 1. The molecule has 1 fully saturated rings. The lowest BCUT2D eigenvalue weighted by atomic mass is 10.1. The number of Topliss-reactive ketones (excluding diaryl/α,β-unsaturated/α-hetero) is 2. The van der Waals surface area contributed by atoms with Crippen LogP contribution in [0.15, 0.2) is 23.3 Å². The number of rotatable bonds is 4. The van der Waals surface area contributed by atoms with E-state index in [0.717, 1.165) is 12.1 Å². The molecule has 1 saturated carbocycles. The summed E-state index contributed by atoms with van der Waals surface area (Å²) in [6, 6.07) is 1.16. The summed E-state index contributed by atoms with van der Waals surface area (Å²) in [4.78, 5) is 28.0. The Kier molecular flexibility index (Phi) is 3.75. The minimum Gasteiger partial charge on any atom is -0.353 e. The molecule has 7 heteroatoms. The van der Waals surface area contributed by atoms with Crippen molar-refractivity contribution < 1.29 is 18.4 Å². The van der Waals surface area contributed by atoms with E-state index in [1.54, 1.807) is 13.8 Å². The zero-order chi connectivity index (χ0) is 16.9. The second-order valence-corrected chi connectivity index (χ2v) is 6.40. The fourth-order valence-electron chi connectivity index (χ4n) is 2.65. The molecule has 1 aromatic rings. The van der Waals surface area contributed by atoms with Gasteiger partial charge in [0.05, 0.1) is 0 Å². The topological polar surface area (TPSA) is 59.1 Å². The SMILES string of the molecule is CC1=C(C)C(=O)C(Nc2cc(C(F)(F)C3CC3)cc(Cl)n2)C1=O. The molecular weight excluding hydrogens is 326 g/mol. The molecule has 0 aliphatic heterocycles. The van der Waals surface area contributed by atoms with Crippen molar-refractivity contribution in [3.63, 3.8) is 0 Å². The van der Waals surface area contributed by atoms with Crippen molar-refractivity contribution in [2.75, 3.05) is 5.32 Å². The highest BCUT2D eigenvalue weighted by Crippen LogP contribution is 2.50. The van der Waals surface area contributed by atoms with Gasteiger partial charge in [-0.05, 0) is 38.8 Å². The van der Waals surface area contributed by atoms with Gasteiger partial charge in [-0.3, -0.25) is 9.59 Å². The summed E-state index contributed by atoms with van der Waals surface area (Å²) in [5.41, 5.74) is 0.498. The van der Waals surface area contributed by atoms with Crippen molar-refractivity contribution in [1.82, 2.24) is 4.98 Å². The minimum absolute atomic E-state index is 0.00188. The molecular formula is C16H15ClF2N2O2. The number of aromatic nitrogens is 1. The average Bonchev–Trinajstić information content (AvgIpc) is 3.31. The van der Waals surface area contributed by atoms with Crippen LogP contribution in [0.1, 0.15) is 32.3 Å². The molecule has 1 heterocycles. The molecule has 3 rings (SSSR count). The highest BCUT2D eigenvalue weighted by molar-refractivity contribution is 6.30. The van der Waals surface area contributed by atoms with Crippen LogP contribution in [-0.4, -0.2) is 22.6 Å². The maximum atomic E-state index is 14.2. The predicted molar refractivity (Wildman–Crippen MR) is 81.7 cm³/mol. The first-order valence-corrected chi connectivity index (χ1v) is 7.68. The van der Waals surface area contributed by atoms with Crippen molar-refractivity contribution >= 4 is 29.0 Å². The quantitative estimate of drug-likeness (QED) is 0.673. The van der Waals surface area contributed by atoms with E-state index in [1.165, 1.54) is 0 Å². The Labute approximate surface area is 136 Å². The van der Waals surface area contributed by atoms with Crippen LogP contribution in [0.2, 0.25) is 5.15 Å². The Morgan fingerprint density at radius 2 is 1.74 bits per heavy atom. The Hall–Kier alpha value is -1.82. The zero-order valence-corrected chi connectivity index (χ0v) is 13.4. The first-order valence-electron chi connectivity index (χ1n) is 7.30. The maximum Gasteiger partial charge on any atom is 0.276 e. The summed E-state index contributed by atoms with van der Waals surface area (Å²) in [5.74, 6) is -4.41. The van der Waals surface area contributed by atoms with Gasteiger partial charge in [0.15, 0.2) is 17.6 Å². The van der Waals surface area contributed by atoms with Crippen LogP contribution >= 0.6 is 11.6 Å². The number of hydrogen-bond acceptors (Lipinski definition) is 4. The molecule has 122 valence electrons. The average molecular weight is 341 g/mol.